The highest BCUT2D eigenvalue weighted by Gasteiger charge is 2.52. The first-order valence-electron chi connectivity index (χ1n) is 6.80. The first-order chi connectivity index (χ1) is 9.28. The van der Waals surface area contributed by atoms with Crippen LogP contribution in [0.4, 0.5) is 0 Å². The SMILES string of the molecule is CCNC(c1occc1Br)C1(c2ccccc2)CC1. The number of rotatable bonds is 5. The van der Waals surface area contributed by atoms with Crippen molar-refractivity contribution in [2.75, 3.05) is 6.54 Å². The Bertz CT molecular complexity index is 545. The average molecular weight is 320 g/mol. The predicted molar refractivity (Wildman–Crippen MR) is 80.2 cm³/mol. The Balaban J connectivity index is 1.99. The van der Waals surface area contributed by atoms with Gasteiger partial charge in [-0.25, -0.2) is 0 Å². The molecule has 19 heavy (non-hydrogen) atoms. The van der Waals surface area contributed by atoms with Crippen LogP contribution in [0.1, 0.15) is 37.1 Å². The number of hydrogen-bond acceptors (Lipinski definition) is 2. The second kappa shape index (κ2) is 5.14. The van der Waals surface area contributed by atoms with Gasteiger partial charge in [-0.15, -0.1) is 0 Å². The largest absolute Gasteiger partial charge is 0.466 e. The fourth-order valence-electron chi connectivity index (χ4n) is 2.90. The van der Waals surface area contributed by atoms with Crippen molar-refractivity contribution in [3.8, 4) is 0 Å². The Morgan fingerprint density at radius 2 is 2.00 bits per heavy atom. The molecule has 1 heterocycles. The van der Waals surface area contributed by atoms with E-state index in [9.17, 15) is 0 Å². The third kappa shape index (κ3) is 2.26. The highest BCUT2D eigenvalue weighted by Crippen LogP contribution is 2.57. The van der Waals surface area contributed by atoms with Crippen molar-refractivity contribution in [1.29, 1.82) is 0 Å². The quantitative estimate of drug-likeness (QED) is 0.882. The van der Waals surface area contributed by atoms with Gasteiger partial charge in [0.15, 0.2) is 0 Å². The van der Waals surface area contributed by atoms with Crippen molar-refractivity contribution in [3.63, 3.8) is 0 Å². The monoisotopic (exact) mass is 319 g/mol. The Morgan fingerprint density at radius 1 is 1.26 bits per heavy atom. The van der Waals surface area contributed by atoms with E-state index in [1.165, 1.54) is 18.4 Å². The molecular weight excluding hydrogens is 302 g/mol. The molecule has 1 fully saturated rings. The van der Waals surface area contributed by atoms with Crippen molar-refractivity contribution in [1.82, 2.24) is 5.32 Å². The van der Waals surface area contributed by atoms with E-state index in [1.807, 2.05) is 6.07 Å². The minimum Gasteiger partial charge on any atom is -0.466 e. The summed E-state index contributed by atoms with van der Waals surface area (Å²) in [4.78, 5) is 0. The van der Waals surface area contributed by atoms with E-state index in [2.05, 4.69) is 58.5 Å². The van der Waals surface area contributed by atoms with Gasteiger partial charge in [0.05, 0.1) is 16.8 Å². The highest BCUT2D eigenvalue weighted by atomic mass is 79.9. The molecule has 1 aliphatic rings. The summed E-state index contributed by atoms with van der Waals surface area (Å²) in [6, 6.07) is 13.0. The van der Waals surface area contributed by atoms with Crippen LogP contribution in [-0.4, -0.2) is 6.54 Å². The van der Waals surface area contributed by atoms with Gasteiger partial charge in [0.2, 0.25) is 0 Å². The number of hydrogen-bond donors (Lipinski definition) is 1. The van der Waals surface area contributed by atoms with Gasteiger partial charge in [0.25, 0.3) is 0 Å². The Labute approximate surface area is 122 Å². The van der Waals surface area contributed by atoms with Gasteiger partial charge in [0.1, 0.15) is 5.76 Å². The Kier molecular flexibility index (Phi) is 3.50. The summed E-state index contributed by atoms with van der Waals surface area (Å²) in [5.74, 6) is 1.02. The third-order valence-corrected chi connectivity index (χ3v) is 4.66. The fraction of sp³-hybridized carbons (Fsp3) is 0.375. The lowest BCUT2D eigenvalue weighted by molar-refractivity contribution is 0.355. The van der Waals surface area contributed by atoms with E-state index < -0.39 is 0 Å². The molecule has 100 valence electrons. The molecule has 1 N–H and O–H groups in total. The van der Waals surface area contributed by atoms with Crippen molar-refractivity contribution in [2.45, 2.75) is 31.2 Å². The molecule has 0 spiro atoms. The molecule has 1 saturated carbocycles. The Morgan fingerprint density at radius 3 is 2.53 bits per heavy atom. The second-order valence-electron chi connectivity index (χ2n) is 5.15. The van der Waals surface area contributed by atoms with Gasteiger partial charge >= 0.3 is 0 Å². The van der Waals surface area contributed by atoms with Gasteiger partial charge in [-0.3, -0.25) is 0 Å². The van der Waals surface area contributed by atoms with Crippen LogP contribution in [-0.2, 0) is 5.41 Å². The first-order valence-corrected chi connectivity index (χ1v) is 7.59. The summed E-state index contributed by atoms with van der Waals surface area (Å²) in [6.45, 7) is 3.08. The summed E-state index contributed by atoms with van der Waals surface area (Å²) in [7, 11) is 0. The van der Waals surface area contributed by atoms with E-state index >= 15 is 0 Å². The van der Waals surface area contributed by atoms with E-state index in [-0.39, 0.29) is 11.5 Å². The maximum Gasteiger partial charge on any atom is 0.135 e. The highest BCUT2D eigenvalue weighted by molar-refractivity contribution is 9.10. The zero-order valence-electron chi connectivity index (χ0n) is 11.0. The summed E-state index contributed by atoms with van der Waals surface area (Å²) in [6.07, 6.45) is 4.18. The fourth-order valence-corrected chi connectivity index (χ4v) is 3.33. The van der Waals surface area contributed by atoms with Crippen molar-refractivity contribution in [2.24, 2.45) is 0 Å². The average Bonchev–Trinajstić information content (AvgIpc) is 3.14. The molecule has 0 amide bonds. The van der Waals surface area contributed by atoms with Gasteiger partial charge in [-0.1, -0.05) is 37.3 Å². The predicted octanol–water partition coefficient (Wildman–Crippen LogP) is 4.42. The molecule has 1 aliphatic carbocycles. The summed E-state index contributed by atoms with van der Waals surface area (Å²) in [5.41, 5.74) is 1.60. The van der Waals surface area contributed by atoms with Crippen LogP contribution in [0.25, 0.3) is 0 Å². The molecule has 3 rings (SSSR count). The van der Waals surface area contributed by atoms with Crippen molar-refractivity contribution >= 4 is 15.9 Å². The van der Waals surface area contributed by atoms with Crippen LogP contribution in [0.2, 0.25) is 0 Å². The van der Waals surface area contributed by atoms with Gasteiger partial charge in [0, 0.05) is 5.41 Å². The summed E-state index contributed by atoms with van der Waals surface area (Å²) >= 11 is 3.60. The van der Waals surface area contributed by atoms with Crippen LogP contribution in [0.3, 0.4) is 0 Å². The van der Waals surface area contributed by atoms with Crippen LogP contribution in [0.15, 0.2) is 51.6 Å². The molecule has 1 aromatic carbocycles. The summed E-state index contributed by atoms with van der Waals surface area (Å²) in [5, 5.41) is 3.60. The standard InChI is InChI=1S/C16H18BrNO/c1-2-18-15(14-13(17)8-11-19-14)16(9-10-16)12-6-4-3-5-7-12/h3-8,11,15,18H,2,9-10H2,1H3. The molecule has 0 aliphatic heterocycles. The molecule has 1 aromatic heterocycles. The van der Waals surface area contributed by atoms with Crippen LogP contribution >= 0.6 is 15.9 Å². The smallest absolute Gasteiger partial charge is 0.135 e. The molecule has 3 heteroatoms. The van der Waals surface area contributed by atoms with Crippen LogP contribution in [0.5, 0.6) is 0 Å². The number of halogens is 1. The molecule has 0 radical (unpaired) electrons. The topological polar surface area (TPSA) is 25.2 Å². The van der Waals surface area contributed by atoms with Crippen LogP contribution in [0, 0.1) is 0 Å². The van der Waals surface area contributed by atoms with Crippen molar-refractivity contribution in [3.05, 3.63) is 58.5 Å². The minimum absolute atomic E-state index is 0.192. The molecule has 0 saturated heterocycles. The van der Waals surface area contributed by atoms with E-state index in [1.54, 1.807) is 6.26 Å². The lowest BCUT2D eigenvalue weighted by atomic mass is 9.86. The number of benzene rings is 1. The zero-order chi connectivity index (χ0) is 13.3. The molecule has 1 unspecified atom stereocenters. The number of nitrogens with one attached hydrogen (secondary N) is 1. The summed E-state index contributed by atoms with van der Waals surface area (Å²) < 4.78 is 6.77. The second-order valence-corrected chi connectivity index (χ2v) is 6.00. The van der Waals surface area contributed by atoms with Crippen LogP contribution < -0.4 is 5.32 Å². The molecule has 0 bridgehead atoms. The van der Waals surface area contributed by atoms with Gasteiger partial charge < -0.3 is 9.73 Å². The van der Waals surface area contributed by atoms with Gasteiger partial charge in [-0.2, -0.15) is 0 Å². The molecule has 1 atom stereocenters. The number of furan rings is 1. The first kappa shape index (κ1) is 12.9. The molecule has 2 nitrogen and oxygen atoms in total. The van der Waals surface area contributed by atoms with Crippen molar-refractivity contribution < 1.29 is 4.42 Å². The lowest BCUT2D eigenvalue weighted by Gasteiger charge is -2.27. The number of likely N-dealkylation sites (N-methyl/N-ethyl adjacent to an activating group) is 1. The normalized spacial score (nSPS) is 18.2. The third-order valence-electron chi connectivity index (χ3n) is 4.01. The minimum atomic E-state index is 0.192. The van der Waals surface area contributed by atoms with E-state index in [0.29, 0.717) is 0 Å². The molecular formula is C16H18BrNO. The van der Waals surface area contributed by atoms with E-state index in [4.69, 9.17) is 4.42 Å². The maximum absolute atomic E-state index is 5.72. The molecule has 2 aromatic rings. The van der Waals surface area contributed by atoms with Gasteiger partial charge in [-0.05, 0) is 46.9 Å². The lowest BCUT2D eigenvalue weighted by Crippen LogP contribution is -2.32. The maximum atomic E-state index is 5.72. The zero-order valence-corrected chi connectivity index (χ0v) is 12.6. The van der Waals surface area contributed by atoms with E-state index in [0.717, 1.165) is 16.8 Å². The Hall–Kier alpha value is -1.06.